The molecule has 1 atom stereocenters. The average Bonchev–Trinajstić information content (AvgIpc) is 3.46. The summed E-state index contributed by atoms with van der Waals surface area (Å²) < 4.78 is 5.52. The molecule has 8 heteroatoms. The zero-order valence-corrected chi connectivity index (χ0v) is 21.5. The van der Waals surface area contributed by atoms with E-state index in [2.05, 4.69) is 41.3 Å². The lowest BCUT2D eigenvalue weighted by Crippen LogP contribution is -2.47. The van der Waals surface area contributed by atoms with Crippen LogP contribution in [0, 0.1) is 0 Å². The molecule has 0 aromatic heterocycles. The second kappa shape index (κ2) is 11.1. The Hall–Kier alpha value is -4.17. The Bertz CT molecular complexity index is 1320. The van der Waals surface area contributed by atoms with E-state index < -0.39 is 5.91 Å². The summed E-state index contributed by atoms with van der Waals surface area (Å²) in [5.41, 5.74) is 9.36. The van der Waals surface area contributed by atoms with E-state index in [1.807, 2.05) is 18.2 Å². The summed E-state index contributed by atoms with van der Waals surface area (Å²) >= 11 is 0. The molecule has 0 saturated carbocycles. The molecule has 5 rings (SSSR count). The molecule has 1 saturated heterocycles. The largest absolute Gasteiger partial charge is 0.482 e. The van der Waals surface area contributed by atoms with Gasteiger partial charge in [-0.3, -0.25) is 19.3 Å². The molecular weight excluding hydrogens is 480 g/mol. The van der Waals surface area contributed by atoms with Gasteiger partial charge in [-0.15, -0.1) is 0 Å². The van der Waals surface area contributed by atoms with Crippen LogP contribution in [-0.2, 0) is 9.59 Å². The first-order valence-electron chi connectivity index (χ1n) is 12.9. The smallest absolute Gasteiger partial charge is 0.265 e. The lowest BCUT2D eigenvalue weighted by molar-refractivity contribution is -0.133. The van der Waals surface area contributed by atoms with Crippen molar-refractivity contribution in [1.29, 1.82) is 0 Å². The summed E-state index contributed by atoms with van der Waals surface area (Å²) in [6.07, 6.45) is 2.30. The Morgan fingerprint density at radius 2 is 1.66 bits per heavy atom. The molecule has 3 aromatic carbocycles. The quantitative estimate of drug-likeness (QED) is 0.499. The van der Waals surface area contributed by atoms with Gasteiger partial charge in [-0.1, -0.05) is 54.6 Å². The van der Waals surface area contributed by atoms with Gasteiger partial charge in [0.05, 0.1) is 11.7 Å². The molecule has 1 unspecified atom stereocenters. The van der Waals surface area contributed by atoms with Crippen LogP contribution in [0.25, 0.3) is 11.1 Å². The van der Waals surface area contributed by atoms with Crippen LogP contribution in [0.4, 0.5) is 5.69 Å². The fourth-order valence-electron chi connectivity index (χ4n) is 5.14. The van der Waals surface area contributed by atoms with Crippen molar-refractivity contribution < 1.29 is 19.1 Å². The molecule has 0 radical (unpaired) electrons. The van der Waals surface area contributed by atoms with Gasteiger partial charge in [-0.2, -0.15) is 0 Å². The van der Waals surface area contributed by atoms with Gasteiger partial charge in [0.2, 0.25) is 11.8 Å². The summed E-state index contributed by atoms with van der Waals surface area (Å²) in [7, 11) is 1.79. The van der Waals surface area contributed by atoms with Gasteiger partial charge in [0, 0.05) is 19.2 Å². The Labute approximate surface area is 222 Å². The highest BCUT2D eigenvalue weighted by Crippen LogP contribution is 2.33. The van der Waals surface area contributed by atoms with Crippen LogP contribution in [0.1, 0.15) is 34.8 Å². The molecule has 2 N–H and O–H groups in total. The zero-order chi connectivity index (χ0) is 26.6. The second-order valence-electron chi connectivity index (χ2n) is 9.83. The maximum Gasteiger partial charge on any atom is 0.265 e. The highest BCUT2D eigenvalue weighted by molar-refractivity contribution is 6.04. The number of primary amides is 1. The Morgan fingerprint density at radius 1 is 0.974 bits per heavy atom. The number of likely N-dealkylation sites (tertiary alicyclic amines) is 1. The van der Waals surface area contributed by atoms with Crippen LogP contribution < -0.4 is 15.4 Å². The minimum Gasteiger partial charge on any atom is -0.482 e. The summed E-state index contributed by atoms with van der Waals surface area (Å²) in [5.74, 6) is -0.717. The van der Waals surface area contributed by atoms with Crippen LogP contribution in [0.2, 0.25) is 0 Å². The number of ether oxygens (including phenoxy) is 1. The van der Waals surface area contributed by atoms with Gasteiger partial charge in [0.15, 0.2) is 6.61 Å². The van der Waals surface area contributed by atoms with E-state index in [1.165, 1.54) is 11.0 Å². The van der Waals surface area contributed by atoms with E-state index in [0.29, 0.717) is 18.0 Å². The van der Waals surface area contributed by atoms with E-state index in [0.717, 1.165) is 42.6 Å². The van der Waals surface area contributed by atoms with Crippen molar-refractivity contribution in [2.45, 2.75) is 18.9 Å². The Balaban J connectivity index is 1.39. The molecule has 2 heterocycles. The van der Waals surface area contributed by atoms with Gasteiger partial charge in [0.1, 0.15) is 12.3 Å². The molecule has 1 fully saturated rings. The summed E-state index contributed by atoms with van der Waals surface area (Å²) in [6, 6.07) is 23.0. The van der Waals surface area contributed by atoms with E-state index in [-0.39, 0.29) is 36.6 Å². The van der Waals surface area contributed by atoms with Crippen molar-refractivity contribution in [1.82, 2.24) is 9.80 Å². The summed E-state index contributed by atoms with van der Waals surface area (Å²) in [4.78, 5) is 43.7. The predicted octanol–water partition coefficient (Wildman–Crippen LogP) is 3.47. The molecule has 3 aromatic rings. The van der Waals surface area contributed by atoms with E-state index in [9.17, 15) is 14.4 Å². The third-order valence-corrected chi connectivity index (χ3v) is 7.37. The molecular formula is C30H32N4O4. The molecule has 0 bridgehead atoms. The van der Waals surface area contributed by atoms with Crippen LogP contribution in [0.3, 0.4) is 0 Å². The normalized spacial score (nSPS) is 16.0. The van der Waals surface area contributed by atoms with Crippen molar-refractivity contribution in [3.8, 4) is 16.9 Å². The fourth-order valence-corrected chi connectivity index (χ4v) is 5.14. The topological polar surface area (TPSA) is 96.2 Å². The number of fused-ring (bicyclic) bond motifs is 1. The summed E-state index contributed by atoms with van der Waals surface area (Å²) in [5, 5.41) is 0. The van der Waals surface area contributed by atoms with E-state index in [1.54, 1.807) is 24.1 Å². The number of anilines is 1. The lowest BCUT2D eigenvalue weighted by Gasteiger charge is -2.35. The fraction of sp³-hybridized carbons (Fsp3) is 0.300. The zero-order valence-electron chi connectivity index (χ0n) is 21.5. The van der Waals surface area contributed by atoms with Crippen molar-refractivity contribution in [2.75, 3.05) is 44.7 Å². The van der Waals surface area contributed by atoms with Crippen LogP contribution in [0.5, 0.6) is 5.75 Å². The minimum absolute atomic E-state index is 0.160. The summed E-state index contributed by atoms with van der Waals surface area (Å²) in [6.45, 7) is 2.40. The molecule has 0 spiro atoms. The van der Waals surface area contributed by atoms with Crippen molar-refractivity contribution in [3.63, 3.8) is 0 Å². The number of rotatable bonds is 8. The van der Waals surface area contributed by atoms with Gasteiger partial charge < -0.3 is 20.3 Å². The highest BCUT2D eigenvalue weighted by Gasteiger charge is 2.32. The van der Waals surface area contributed by atoms with Crippen LogP contribution >= 0.6 is 0 Å². The van der Waals surface area contributed by atoms with Gasteiger partial charge >= 0.3 is 0 Å². The lowest BCUT2D eigenvalue weighted by atomic mass is 9.99. The molecule has 0 aliphatic carbocycles. The molecule has 2 aliphatic rings. The maximum atomic E-state index is 13.6. The monoisotopic (exact) mass is 512 g/mol. The van der Waals surface area contributed by atoms with Gasteiger partial charge in [-0.05, 0) is 60.8 Å². The highest BCUT2D eigenvalue weighted by atomic mass is 16.5. The first-order chi connectivity index (χ1) is 18.4. The van der Waals surface area contributed by atoms with E-state index >= 15 is 0 Å². The Kier molecular flexibility index (Phi) is 7.42. The number of likely N-dealkylation sites (N-methyl/N-ethyl adjacent to an activating group) is 1. The number of nitrogens with zero attached hydrogens (tertiary/aromatic N) is 3. The number of benzene rings is 3. The third kappa shape index (κ3) is 5.40. The standard InChI is InChI=1S/C30H32N4O4/c1-32(28(35)19-34-25-17-24(30(31)37)13-14-27(25)38-20-29(34)36)26(18-33-15-5-6-16-33)23-11-9-22(10-12-23)21-7-3-2-4-8-21/h2-4,7-14,17,26H,5-6,15-16,18-20H2,1H3,(H2,31,37). The predicted molar refractivity (Wildman–Crippen MR) is 146 cm³/mol. The number of carbonyl (C=O) groups is 3. The molecule has 8 nitrogen and oxygen atoms in total. The molecule has 196 valence electrons. The minimum atomic E-state index is -0.612. The number of carbonyl (C=O) groups excluding carboxylic acids is 3. The molecule has 38 heavy (non-hydrogen) atoms. The van der Waals surface area contributed by atoms with Crippen molar-refractivity contribution in [2.24, 2.45) is 5.73 Å². The number of amides is 3. The van der Waals surface area contributed by atoms with Gasteiger partial charge in [-0.25, -0.2) is 0 Å². The second-order valence-corrected chi connectivity index (χ2v) is 9.83. The number of hydrogen-bond donors (Lipinski definition) is 1. The molecule has 2 aliphatic heterocycles. The van der Waals surface area contributed by atoms with E-state index in [4.69, 9.17) is 10.5 Å². The Morgan fingerprint density at radius 3 is 2.34 bits per heavy atom. The average molecular weight is 513 g/mol. The van der Waals surface area contributed by atoms with Crippen LogP contribution in [0.15, 0.2) is 72.8 Å². The maximum absolute atomic E-state index is 13.6. The first-order valence-corrected chi connectivity index (χ1v) is 12.9. The number of nitrogens with two attached hydrogens (primary N) is 1. The van der Waals surface area contributed by atoms with Crippen molar-refractivity contribution in [3.05, 3.63) is 83.9 Å². The first kappa shape index (κ1) is 25.5. The van der Waals surface area contributed by atoms with Gasteiger partial charge in [0.25, 0.3) is 5.91 Å². The van der Waals surface area contributed by atoms with Crippen molar-refractivity contribution >= 4 is 23.4 Å². The number of hydrogen-bond acceptors (Lipinski definition) is 5. The SMILES string of the molecule is CN(C(=O)CN1C(=O)COc2ccc(C(N)=O)cc21)C(CN1CCCC1)c1ccc(-c2ccccc2)cc1. The third-order valence-electron chi connectivity index (χ3n) is 7.37. The molecule has 3 amide bonds. The van der Waals surface area contributed by atoms with Crippen LogP contribution in [-0.4, -0.2) is 67.4 Å².